The second kappa shape index (κ2) is 14.6. The van der Waals surface area contributed by atoms with E-state index < -0.39 is 11.8 Å². The molecule has 0 heterocycles. The Kier molecular flexibility index (Phi) is 10.4. The predicted octanol–water partition coefficient (Wildman–Crippen LogP) is 6.15. The number of methoxy groups -OCH3 is 2. The molecule has 0 saturated carbocycles. The minimum absolute atomic E-state index is 0.0439. The van der Waals surface area contributed by atoms with Gasteiger partial charge in [0.25, 0.3) is 11.8 Å². The highest BCUT2D eigenvalue weighted by atomic mass is 32.2. The van der Waals surface area contributed by atoms with Crippen LogP contribution in [0.2, 0.25) is 0 Å². The van der Waals surface area contributed by atoms with E-state index in [9.17, 15) is 14.4 Å². The predicted molar refractivity (Wildman–Crippen MR) is 167 cm³/mol. The molecule has 8 nitrogen and oxygen atoms in total. The number of ether oxygens (including phenoxy) is 2. The van der Waals surface area contributed by atoms with Crippen LogP contribution in [0, 0.1) is 6.92 Å². The lowest BCUT2D eigenvalue weighted by atomic mass is 10.1. The minimum atomic E-state index is -0.507. The van der Waals surface area contributed by atoms with Gasteiger partial charge in [-0.1, -0.05) is 42.5 Å². The van der Waals surface area contributed by atoms with Crippen LogP contribution < -0.4 is 25.4 Å². The highest BCUT2D eigenvalue weighted by Crippen LogP contribution is 2.28. The van der Waals surface area contributed by atoms with Crippen LogP contribution in [0.1, 0.15) is 21.5 Å². The van der Waals surface area contributed by atoms with Crippen molar-refractivity contribution < 1.29 is 23.9 Å². The second-order valence-corrected chi connectivity index (χ2v) is 10.2. The van der Waals surface area contributed by atoms with Crippen LogP contribution in [-0.2, 0) is 9.59 Å². The average molecular weight is 582 g/mol. The number of thioether (sulfide) groups is 1. The number of hydrogen-bond acceptors (Lipinski definition) is 6. The van der Waals surface area contributed by atoms with Crippen LogP contribution in [0.25, 0.3) is 6.08 Å². The van der Waals surface area contributed by atoms with E-state index in [0.717, 1.165) is 16.1 Å². The summed E-state index contributed by atoms with van der Waals surface area (Å²) in [5.41, 5.74) is 3.40. The maximum atomic E-state index is 13.4. The Balaban J connectivity index is 1.45. The summed E-state index contributed by atoms with van der Waals surface area (Å²) < 4.78 is 10.7. The normalized spacial score (nSPS) is 10.9. The molecule has 0 aromatic heterocycles. The van der Waals surface area contributed by atoms with Gasteiger partial charge >= 0.3 is 0 Å². The Morgan fingerprint density at radius 2 is 1.48 bits per heavy atom. The molecule has 3 amide bonds. The zero-order chi connectivity index (χ0) is 29.9. The fourth-order valence-corrected chi connectivity index (χ4v) is 4.63. The summed E-state index contributed by atoms with van der Waals surface area (Å²) in [4.78, 5) is 39.5. The molecule has 0 radical (unpaired) electrons. The van der Waals surface area contributed by atoms with Gasteiger partial charge in [0.1, 0.15) is 5.70 Å². The number of para-hydroxylation sites is 1. The number of rotatable bonds is 11. The van der Waals surface area contributed by atoms with Crippen molar-refractivity contribution in [1.29, 1.82) is 0 Å². The molecule has 0 aliphatic heterocycles. The van der Waals surface area contributed by atoms with Crippen molar-refractivity contribution >= 4 is 46.9 Å². The van der Waals surface area contributed by atoms with E-state index in [0.29, 0.717) is 28.3 Å². The van der Waals surface area contributed by atoms with Gasteiger partial charge in [-0.2, -0.15) is 0 Å². The number of carbonyl (C=O) groups excluding carboxylic acids is 3. The molecule has 4 aromatic rings. The van der Waals surface area contributed by atoms with E-state index in [1.165, 1.54) is 26.0 Å². The van der Waals surface area contributed by atoms with Crippen LogP contribution in [0.3, 0.4) is 0 Å². The van der Waals surface area contributed by atoms with Gasteiger partial charge in [-0.15, -0.1) is 11.8 Å². The molecule has 0 fully saturated rings. The van der Waals surface area contributed by atoms with E-state index in [2.05, 4.69) is 16.0 Å². The van der Waals surface area contributed by atoms with Gasteiger partial charge < -0.3 is 25.4 Å². The summed E-state index contributed by atoms with van der Waals surface area (Å²) >= 11 is 1.39. The Morgan fingerprint density at radius 1 is 0.786 bits per heavy atom. The fraction of sp³-hybridized carbons (Fsp3) is 0.121. The van der Waals surface area contributed by atoms with Gasteiger partial charge in [0, 0.05) is 21.8 Å². The Hall–Kier alpha value is -5.02. The lowest BCUT2D eigenvalue weighted by Crippen LogP contribution is -2.30. The van der Waals surface area contributed by atoms with Crippen LogP contribution in [0.4, 0.5) is 11.4 Å². The molecule has 3 N–H and O–H groups in total. The van der Waals surface area contributed by atoms with Crippen molar-refractivity contribution in [3.05, 3.63) is 119 Å². The molecule has 0 saturated heterocycles. The van der Waals surface area contributed by atoms with Gasteiger partial charge in [-0.25, -0.2) is 0 Å². The maximum absolute atomic E-state index is 13.4. The van der Waals surface area contributed by atoms with Gasteiger partial charge in [0.15, 0.2) is 11.5 Å². The highest BCUT2D eigenvalue weighted by Gasteiger charge is 2.16. The summed E-state index contributed by atoms with van der Waals surface area (Å²) in [6, 6.07) is 28.6. The highest BCUT2D eigenvalue weighted by molar-refractivity contribution is 8.00. The van der Waals surface area contributed by atoms with E-state index in [-0.39, 0.29) is 17.4 Å². The molecule has 0 atom stereocenters. The second-order valence-electron chi connectivity index (χ2n) is 9.12. The minimum Gasteiger partial charge on any atom is -0.493 e. The van der Waals surface area contributed by atoms with Crippen molar-refractivity contribution in [2.45, 2.75) is 11.8 Å². The quantitative estimate of drug-likeness (QED) is 0.145. The lowest BCUT2D eigenvalue weighted by Gasteiger charge is -2.13. The first-order valence-corrected chi connectivity index (χ1v) is 14.0. The van der Waals surface area contributed by atoms with E-state index in [4.69, 9.17) is 9.47 Å². The summed E-state index contributed by atoms with van der Waals surface area (Å²) in [6.45, 7) is 1.94. The SMILES string of the molecule is COc1ccc(/C=C(\NC(=O)c2ccccc2)C(=O)Nc2ccc(SCC(=O)Nc3ccccc3C)cc2)cc1OC. The molecule has 4 rings (SSSR count). The van der Waals surface area contributed by atoms with Crippen molar-refractivity contribution in [2.24, 2.45) is 0 Å². The third-order valence-corrected chi connectivity index (χ3v) is 7.16. The number of carbonyl (C=O) groups is 3. The van der Waals surface area contributed by atoms with Crippen molar-refractivity contribution in [3.8, 4) is 11.5 Å². The summed E-state index contributed by atoms with van der Waals surface area (Å²) in [6.07, 6.45) is 1.56. The molecule has 0 aliphatic rings. The van der Waals surface area contributed by atoms with Gasteiger partial charge in [-0.05, 0) is 78.7 Å². The van der Waals surface area contributed by atoms with E-state index >= 15 is 0 Å². The third kappa shape index (κ3) is 8.25. The molecular formula is C33H31N3O5S. The number of anilines is 2. The van der Waals surface area contributed by atoms with Gasteiger partial charge in [-0.3, -0.25) is 14.4 Å². The Labute approximate surface area is 249 Å². The summed E-state index contributed by atoms with van der Waals surface area (Å²) in [5.74, 6) is 0.232. The van der Waals surface area contributed by atoms with Crippen LogP contribution in [-0.4, -0.2) is 37.7 Å². The molecule has 0 spiro atoms. The third-order valence-electron chi connectivity index (χ3n) is 6.15. The first-order chi connectivity index (χ1) is 20.4. The molecule has 4 aromatic carbocycles. The van der Waals surface area contributed by atoms with Crippen LogP contribution >= 0.6 is 11.8 Å². The molecule has 214 valence electrons. The smallest absolute Gasteiger partial charge is 0.272 e. The maximum Gasteiger partial charge on any atom is 0.272 e. The van der Waals surface area contributed by atoms with Crippen molar-refractivity contribution in [1.82, 2.24) is 5.32 Å². The number of nitrogens with one attached hydrogen (secondary N) is 3. The molecular weight excluding hydrogens is 550 g/mol. The number of benzene rings is 4. The van der Waals surface area contributed by atoms with E-state index in [1.807, 2.05) is 49.4 Å². The van der Waals surface area contributed by atoms with E-state index in [1.54, 1.807) is 60.7 Å². The van der Waals surface area contributed by atoms with Crippen LogP contribution in [0.5, 0.6) is 11.5 Å². The number of hydrogen-bond donors (Lipinski definition) is 3. The summed E-state index contributed by atoms with van der Waals surface area (Å²) in [5, 5.41) is 8.48. The first kappa shape index (κ1) is 30.0. The Bertz CT molecular complexity index is 1590. The van der Waals surface area contributed by atoms with Crippen molar-refractivity contribution in [2.75, 3.05) is 30.6 Å². The first-order valence-electron chi connectivity index (χ1n) is 13.1. The molecule has 42 heavy (non-hydrogen) atoms. The average Bonchev–Trinajstić information content (AvgIpc) is 3.01. The fourth-order valence-electron chi connectivity index (χ4n) is 3.93. The Morgan fingerprint density at radius 3 is 2.17 bits per heavy atom. The van der Waals surface area contributed by atoms with Crippen molar-refractivity contribution in [3.63, 3.8) is 0 Å². The summed E-state index contributed by atoms with van der Waals surface area (Å²) in [7, 11) is 3.06. The standard InChI is InChI=1S/C33H31N3O5S/c1-22-9-7-8-12-27(22)35-31(37)21-42-26-16-14-25(15-17-26)34-33(39)28(36-32(38)24-10-5-4-6-11-24)19-23-13-18-29(40-2)30(20-23)41-3/h4-20H,21H2,1-3H3,(H,34,39)(H,35,37)(H,36,38)/b28-19-. The van der Waals surface area contributed by atoms with Crippen LogP contribution in [0.15, 0.2) is 108 Å². The van der Waals surface area contributed by atoms with Gasteiger partial charge in [0.2, 0.25) is 5.91 Å². The largest absolute Gasteiger partial charge is 0.493 e. The zero-order valence-electron chi connectivity index (χ0n) is 23.5. The number of aryl methyl sites for hydroxylation is 1. The lowest BCUT2D eigenvalue weighted by molar-refractivity contribution is -0.114. The topological polar surface area (TPSA) is 106 Å². The van der Waals surface area contributed by atoms with Gasteiger partial charge in [0.05, 0.1) is 20.0 Å². The zero-order valence-corrected chi connectivity index (χ0v) is 24.3. The molecule has 0 bridgehead atoms. The number of amides is 3. The molecule has 0 unspecified atom stereocenters. The monoisotopic (exact) mass is 581 g/mol. The molecule has 9 heteroatoms. The molecule has 0 aliphatic carbocycles.